The highest BCUT2D eigenvalue weighted by molar-refractivity contribution is 5.87. The van der Waals surface area contributed by atoms with Gasteiger partial charge in [0.05, 0.1) is 12.6 Å². The lowest BCUT2D eigenvalue weighted by Crippen LogP contribution is -2.52. The summed E-state index contributed by atoms with van der Waals surface area (Å²) in [4.78, 5) is 23.4. The fourth-order valence-electron chi connectivity index (χ4n) is 2.10. The summed E-state index contributed by atoms with van der Waals surface area (Å²) in [6.07, 6.45) is 0.550. The smallest absolute Gasteiger partial charge is 0.243 e. The minimum atomic E-state index is -0.590. The summed E-state index contributed by atoms with van der Waals surface area (Å²) >= 11 is 0. The van der Waals surface area contributed by atoms with Gasteiger partial charge in [-0.05, 0) is 17.9 Å². The fraction of sp³-hybridized carbons (Fsp3) is 0.500. The molecule has 0 aliphatic carbocycles. The summed E-state index contributed by atoms with van der Waals surface area (Å²) in [6, 6.07) is 8.69. The first-order valence-corrected chi connectivity index (χ1v) is 7.16. The lowest BCUT2D eigenvalue weighted by atomic mass is 10.0. The monoisotopic (exact) mass is 292 g/mol. The Bertz CT molecular complexity index is 460. The number of benzene rings is 1. The number of hydrogen-bond donors (Lipinski definition) is 3. The molecule has 5 heteroatoms. The third kappa shape index (κ3) is 5.95. The Morgan fingerprint density at radius 3 is 2.24 bits per heavy atom. The van der Waals surface area contributed by atoms with E-state index in [9.17, 15) is 14.7 Å². The first-order chi connectivity index (χ1) is 9.93. The van der Waals surface area contributed by atoms with E-state index in [0.29, 0.717) is 6.42 Å². The Morgan fingerprint density at radius 2 is 1.76 bits per heavy atom. The van der Waals surface area contributed by atoms with Gasteiger partial charge in [-0.3, -0.25) is 9.59 Å². The van der Waals surface area contributed by atoms with Gasteiger partial charge in [-0.15, -0.1) is 0 Å². The molecule has 1 aromatic carbocycles. The maximum absolute atomic E-state index is 12.2. The predicted molar refractivity (Wildman–Crippen MR) is 81.6 cm³/mol. The number of rotatable bonds is 7. The first-order valence-electron chi connectivity index (χ1n) is 7.16. The third-order valence-corrected chi connectivity index (χ3v) is 3.20. The second-order valence-corrected chi connectivity index (χ2v) is 5.50. The molecule has 3 N–H and O–H groups in total. The molecule has 0 aliphatic rings. The topological polar surface area (TPSA) is 78.4 Å². The molecule has 2 atom stereocenters. The molecule has 5 nitrogen and oxygen atoms in total. The highest BCUT2D eigenvalue weighted by Gasteiger charge is 2.24. The molecule has 0 fully saturated rings. The molecule has 0 saturated heterocycles. The zero-order valence-corrected chi connectivity index (χ0v) is 12.8. The predicted octanol–water partition coefficient (Wildman–Crippen LogP) is 0.867. The molecular weight excluding hydrogens is 268 g/mol. The first kappa shape index (κ1) is 17.2. The Balaban J connectivity index is 2.66. The van der Waals surface area contributed by atoms with E-state index in [-0.39, 0.29) is 30.4 Å². The number of hydrogen-bond acceptors (Lipinski definition) is 3. The quantitative estimate of drug-likeness (QED) is 0.697. The third-order valence-electron chi connectivity index (χ3n) is 3.20. The second-order valence-electron chi connectivity index (χ2n) is 5.50. The van der Waals surface area contributed by atoms with Gasteiger partial charge in [0, 0.05) is 6.92 Å². The average Bonchev–Trinajstić information content (AvgIpc) is 2.44. The number of amides is 2. The molecule has 0 spiro atoms. The maximum atomic E-state index is 12.2. The summed E-state index contributed by atoms with van der Waals surface area (Å²) in [7, 11) is 0. The minimum Gasteiger partial charge on any atom is -0.394 e. The Hall–Kier alpha value is -1.88. The molecule has 0 heterocycles. The van der Waals surface area contributed by atoms with Gasteiger partial charge in [0.15, 0.2) is 0 Å². The van der Waals surface area contributed by atoms with E-state index in [1.54, 1.807) is 0 Å². The van der Waals surface area contributed by atoms with Crippen LogP contribution in [0.4, 0.5) is 0 Å². The Kier molecular flexibility index (Phi) is 6.88. The van der Waals surface area contributed by atoms with Crippen LogP contribution in [0.3, 0.4) is 0 Å². The summed E-state index contributed by atoms with van der Waals surface area (Å²) in [6.45, 7) is 4.97. The van der Waals surface area contributed by atoms with E-state index in [2.05, 4.69) is 10.6 Å². The molecule has 2 amide bonds. The number of carbonyl (C=O) groups is 2. The van der Waals surface area contributed by atoms with Crippen LogP contribution in [0.15, 0.2) is 30.3 Å². The zero-order valence-electron chi connectivity index (χ0n) is 12.8. The van der Waals surface area contributed by atoms with E-state index in [4.69, 9.17) is 0 Å². The standard InChI is InChI=1S/C16H24N2O3/c1-11(2)15(17-12(3)20)16(21)18-14(10-19)9-13-7-5-4-6-8-13/h4-8,11,14-15,19H,9-10H2,1-3H3,(H,17,20)(H,18,21)/t14-,15?/m1/s1. The van der Waals surface area contributed by atoms with E-state index < -0.39 is 6.04 Å². The van der Waals surface area contributed by atoms with Crippen LogP contribution in [0.1, 0.15) is 26.3 Å². The molecule has 1 unspecified atom stereocenters. The van der Waals surface area contributed by atoms with Gasteiger partial charge in [0.25, 0.3) is 0 Å². The van der Waals surface area contributed by atoms with Crippen LogP contribution in [0.2, 0.25) is 0 Å². The molecular formula is C16H24N2O3. The van der Waals surface area contributed by atoms with Crippen molar-refractivity contribution in [3.8, 4) is 0 Å². The number of aliphatic hydroxyl groups excluding tert-OH is 1. The summed E-state index contributed by atoms with van der Waals surface area (Å²) < 4.78 is 0. The van der Waals surface area contributed by atoms with Gasteiger partial charge in [-0.2, -0.15) is 0 Å². The van der Waals surface area contributed by atoms with Crippen LogP contribution in [-0.2, 0) is 16.0 Å². The van der Waals surface area contributed by atoms with Crippen LogP contribution in [0.5, 0.6) is 0 Å². The molecule has 1 aromatic rings. The minimum absolute atomic E-state index is 0.0232. The average molecular weight is 292 g/mol. The van der Waals surface area contributed by atoms with E-state index in [1.807, 2.05) is 44.2 Å². The normalized spacial score (nSPS) is 13.6. The van der Waals surface area contributed by atoms with Crippen molar-refractivity contribution < 1.29 is 14.7 Å². The lowest BCUT2D eigenvalue weighted by Gasteiger charge is -2.24. The van der Waals surface area contributed by atoms with Crippen LogP contribution in [-0.4, -0.2) is 35.6 Å². The highest BCUT2D eigenvalue weighted by atomic mass is 16.3. The highest BCUT2D eigenvalue weighted by Crippen LogP contribution is 2.06. The van der Waals surface area contributed by atoms with Gasteiger partial charge in [0.2, 0.25) is 11.8 Å². The number of nitrogens with one attached hydrogen (secondary N) is 2. The molecule has 1 rings (SSSR count). The Morgan fingerprint density at radius 1 is 1.14 bits per heavy atom. The summed E-state index contributed by atoms with van der Waals surface area (Å²) in [5.74, 6) is -0.535. The molecule has 0 aliphatic heterocycles. The van der Waals surface area contributed by atoms with E-state index in [0.717, 1.165) is 5.56 Å². The fourth-order valence-corrected chi connectivity index (χ4v) is 2.10. The van der Waals surface area contributed by atoms with Crippen molar-refractivity contribution in [3.05, 3.63) is 35.9 Å². The molecule has 21 heavy (non-hydrogen) atoms. The summed E-state index contributed by atoms with van der Waals surface area (Å²) in [5, 5.41) is 14.9. The largest absolute Gasteiger partial charge is 0.394 e. The molecule has 0 radical (unpaired) electrons. The van der Waals surface area contributed by atoms with Crippen molar-refractivity contribution in [3.63, 3.8) is 0 Å². The summed E-state index contributed by atoms with van der Waals surface area (Å²) in [5.41, 5.74) is 1.04. The van der Waals surface area contributed by atoms with Crippen LogP contribution in [0.25, 0.3) is 0 Å². The van der Waals surface area contributed by atoms with Crippen molar-refractivity contribution in [1.82, 2.24) is 10.6 Å². The van der Waals surface area contributed by atoms with Crippen molar-refractivity contribution >= 4 is 11.8 Å². The Labute approximate surface area is 125 Å². The second kappa shape index (κ2) is 8.42. The molecule has 0 bridgehead atoms. The van der Waals surface area contributed by atoms with Gasteiger partial charge in [-0.25, -0.2) is 0 Å². The SMILES string of the molecule is CC(=O)NC(C(=O)N[C@@H](CO)Cc1ccccc1)C(C)C. The lowest BCUT2D eigenvalue weighted by molar-refractivity contribution is -0.129. The van der Waals surface area contributed by atoms with E-state index >= 15 is 0 Å². The molecule has 116 valence electrons. The van der Waals surface area contributed by atoms with Gasteiger partial charge in [-0.1, -0.05) is 44.2 Å². The number of aliphatic hydroxyl groups is 1. The van der Waals surface area contributed by atoms with Gasteiger partial charge in [0.1, 0.15) is 6.04 Å². The van der Waals surface area contributed by atoms with Crippen LogP contribution >= 0.6 is 0 Å². The van der Waals surface area contributed by atoms with Crippen molar-refractivity contribution in [2.45, 2.75) is 39.3 Å². The van der Waals surface area contributed by atoms with E-state index in [1.165, 1.54) is 6.92 Å². The van der Waals surface area contributed by atoms with Crippen molar-refractivity contribution in [2.24, 2.45) is 5.92 Å². The van der Waals surface area contributed by atoms with Crippen LogP contribution < -0.4 is 10.6 Å². The zero-order chi connectivity index (χ0) is 15.8. The van der Waals surface area contributed by atoms with Crippen molar-refractivity contribution in [1.29, 1.82) is 0 Å². The van der Waals surface area contributed by atoms with Gasteiger partial charge >= 0.3 is 0 Å². The number of carbonyl (C=O) groups excluding carboxylic acids is 2. The molecule has 0 saturated carbocycles. The van der Waals surface area contributed by atoms with Crippen molar-refractivity contribution in [2.75, 3.05) is 6.61 Å². The maximum Gasteiger partial charge on any atom is 0.243 e. The van der Waals surface area contributed by atoms with Gasteiger partial charge < -0.3 is 15.7 Å². The van der Waals surface area contributed by atoms with Crippen LogP contribution in [0, 0.1) is 5.92 Å². The molecule has 0 aromatic heterocycles.